The summed E-state index contributed by atoms with van der Waals surface area (Å²) in [5.41, 5.74) is 0.487. The summed E-state index contributed by atoms with van der Waals surface area (Å²) < 4.78 is 66.1. The molecule has 0 bridgehead atoms. The van der Waals surface area contributed by atoms with E-state index in [1.807, 2.05) is 0 Å². The maximum Gasteiger partial charge on any atom is 0.269 e. The molecule has 1 aromatic rings. The average Bonchev–Trinajstić information content (AvgIpc) is 3.36. The van der Waals surface area contributed by atoms with Gasteiger partial charge in [0.05, 0.1) is 15.5 Å². The van der Waals surface area contributed by atoms with E-state index in [1.165, 1.54) is 12.1 Å². The summed E-state index contributed by atoms with van der Waals surface area (Å²) in [7, 11) is -3.87. The van der Waals surface area contributed by atoms with Crippen LogP contribution in [0.3, 0.4) is 0 Å². The lowest BCUT2D eigenvalue weighted by Gasteiger charge is -2.16. The topological polar surface area (TPSA) is 58.5 Å². The van der Waals surface area contributed by atoms with Crippen molar-refractivity contribution >= 4 is 26.8 Å². The zero-order valence-corrected chi connectivity index (χ0v) is 16.9. The van der Waals surface area contributed by atoms with Crippen molar-refractivity contribution in [3.63, 3.8) is 0 Å². The van der Waals surface area contributed by atoms with Gasteiger partial charge in [-0.3, -0.25) is 4.99 Å². The van der Waals surface area contributed by atoms with Crippen LogP contribution in [0.4, 0.5) is 13.2 Å². The van der Waals surface area contributed by atoms with Crippen LogP contribution >= 0.6 is 11.8 Å². The van der Waals surface area contributed by atoms with Crippen LogP contribution in [0.2, 0.25) is 0 Å². The van der Waals surface area contributed by atoms with Gasteiger partial charge in [-0.1, -0.05) is 24.4 Å². The molecule has 27 heavy (non-hydrogen) atoms. The molecule has 0 heterocycles. The van der Waals surface area contributed by atoms with E-state index < -0.39 is 28.7 Å². The molecule has 0 unspecified atom stereocenters. The molecular formula is C18H23F3N2O2S2. The molecule has 0 aliphatic heterocycles. The van der Waals surface area contributed by atoms with E-state index in [1.54, 1.807) is 19.9 Å². The Morgan fingerprint density at radius 1 is 1.41 bits per heavy atom. The summed E-state index contributed by atoms with van der Waals surface area (Å²) in [4.78, 5) is 3.95. The van der Waals surface area contributed by atoms with Crippen molar-refractivity contribution in [1.29, 1.82) is 0 Å². The molecule has 0 aromatic heterocycles. The molecule has 1 fully saturated rings. The lowest BCUT2D eigenvalue weighted by atomic mass is 10.1. The Morgan fingerprint density at radius 2 is 2.07 bits per heavy atom. The fraction of sp³-hybridized carbons (Fsp3) is 0.500. The van der Waals surface area contributed by atoms with Gasteiger partial charge in [0.1, 0.15) is 6.67 Å². The van der Waals surface area contributed by atoms with Crippen LogP contribution in [-0.4, -0.2) is 38.6 Å². The molecule has 0 atom stereocenters. The smallest absolute Gasteiger partial charge is 0.269 e. The van der Waals surface area contributed by atoms with Crippen LogP contribution in [-0.2, 0) is 16.4 Å². The summed E-state index contributed by atoms with van der Waals surface area (Å²) in [5.74, 6) is 0. The molecule has 150 valence electrons. The average molecular weight is 421 g/mol. The SMILES string of the molecule is C=C(S/C(Cc1cc(S(=O)(=O)NC2(CF)CC2)ccc1C)=N\CC)C(F)F. The number of thioether (sulfide) groups is 1. The first-order valence-electron chi connectivity index (χ1n) is 8.50. The van der Waals surface area contributed by atoms with Gasteiger partial charge >= 0.3 is 0 Å². The number of nitrogens with one attached hydrogen (secondary N) is 1. The third kappa shape index (κ3) is 5.83. The van der Waals surface area contributed by atoms with Gasteiger partial charge in [-0.2, -0.15) is 0 Å². The predicted octanol–water partition coefficient (Wildman–Crippen LogP) is 4.25. The maximum absolute atomic E-state index is 13.1. The molecule has 9 heteroatoms. The van der Waals surface area contributed by atoms with Gasteiger partial charge in [0.15, 0.2) is 0 Å². The monoisotopic (exact) mass is 420 g/mol. The number of hydrogen-bond acceptors (Lipinski definition) is 4. The molecule has 0 amide bonds. The van der Waals surface area contributed by atoms with Gasteiger partial charge in [-0.15, -0.1) is 0 Å². The van der Waals surface area contributed by atoms with Crippen molar-refractivity contribution < 1.29 is 21.6 Å². The van der Waals surface area contributed by atoms with Gasteiger partial charge in [-0.25, -0.2) is 26.3 Å². The minimum absolute atomic E-state index is 0.0244. The number of hydrogen-bond donors (Lipinski definition) is 1. The number of benzene rings is 1. The zero-order chi connectivity index (χ0) is 20.2. The van der Waals surface area contributed by atoms with Gasteiger partial charge < -0.3 is 0 Å². The van der Waals surface area contributed by atoms with Crippen molar-refractivity contribution in [2.24, 2.45) is 4.99 Å². The molecular weight excluding hydrogens is 397 g/mol. The first-order chi connectivity index (χ1) is 12.6. The summed E-state index contributed by atoms with van der Waals surface area (Å²) in [6.07, 6.45) is -1.50. The van der Waals surface area contributed by atoms with Gasteiger partial charge in [0, 0.05) is 17.9 Å². The van der Waals surface area contributed by atoms with Crippen molar-refractivity contribution in [1.82, 2.24) is 4.72 Å². The number of allylic oxidation sites excluding steroid dienone is 1. The van der Waals surface area contributed by atoms with E-state index in [9.17, 15) is 21.6 Å². The second-order valence-electron chi connectivity index (χ2n) is 6.52. The van der Waals surface area contributed by atoms with Crippen molar-refractivity contribution in [2.75, 3.05) is 13.2 Å². The van der Waals surface area contributed by atoms with E-state index in [0.717, 1.165) is 17.3 Å². The molecule has 0 radical (unpaired) electrons. The number of rotatable bonds is 9. The fourth-order valence-corrected chi connectivity index (χ4v) is 4.73. The first-order valence-corrected chi connectivity index (χ1v) is 10.8. The third-order valence-corrected chi connectivity index (χ3v) is 6.79. The lowest BCUT2D eigenvalue weighted by molar-refractivity contribution is 0.200. The van der Waals surface area contributed by atoms with Crippen molar-refractivity contribution in [3.05, 3.63) is 40.8 Å². The van der Waals surface area contributed by atoms with Gasteiger partial charge in [0.2, 0.25) is 10.0 Å². The second kappa shape index (κ2) is 8.79. The van der Waals surface area contributed by atoms with E-state index >= 15 is 0 Å². The largest absolute Gasteiger partial charge is 0.283 e. The Labute approximate surface area is 162 Å². The third-order valence-electron chi connectivity index (χ3n) is 4.26. The summed E-state index contributed by atoms with van der Waals surface area (Å²) in [6.45, 7) is 6.60. The molecule has 4 nitrogen and oxygen atoms in total. The highest BCUT2D eigenvalue weighted by Gasteiger charge is 2.46. The highest BCUT2D eigenvalue weighted by atomic mass is 32.2. The van der Waals surface area contributed by atoms with Gasteiger partial charge in [-0.05, 0) is 49.9 Å². The molecule has 1 aliphatic carbocycles. The van der Waals surface area contributed by atoms with Crippen molar-refractivity contribution in [2.45, 2.75) is 50.0 Å². The maximum atomic E-state index is 13.1. The Bertz CT molecular complexity index is 835. The summed E-state index contributed by atoms with van der Waals surface area (Å²) in [5, 5.41) is 0.441. The molecule has 0 saturated heterocycles. The number of nitrogens with zero attached hydrogens (tertiary/aromatic N) is 1. The molecule has 1 aliphatic rings. The van der Waals surface area contributed by atoms with Crippen LogP contribution in [0.5, 0.6) is 0 Å². The lowest BCUT2D eigenvalue weighted by Crippen LogP contribution is -2.38. The highest BCUT2D eigenvalue weighted by molar-refractivity contribution is 8.17. The zero-order valence-electron chi connectivity index (χ0n) is 15.3. The Balaban J connectivity index is 2.25. The normalized spacial score (nSPS) is 16.6. The Kier molecular flexibility index (Phi) is 7.15. The van der Waals surface area contributed by atoms with E-state index in [4.69, 9.17) is 0 Å². The van der Waals surface area contributed by atoms with Crippen LogP contribution in [0.1, 0.15) is 30.9 Å². The quantitative estimate of drug-likeness (QED) is 0.480. The number of sulfonamides is 1. The summed E-state index contributed by atoms with van der Waals surface area (Å²) in [6, 6.07) is 4.59. The van der Waals surface area contributed by atoms with E-state index in [0.29, 0.717) is 30.0 Å². The number of aryl methyl sites for hydroxylation is 1. The van der Waals surface area contributed by atoms with E-state index in [2.05, 4.69) is 16.3 Å². The highest BCUT2D eigenvalue weighted by Crippen LogP contribution is 2.37. The molecule has 1 aromatic carbocycles. The number of alkyl halides is 3. The van der Waals surface area contributed by atoms with Gasteiger partial charge in [0.25, 0.3) is 6.43 Å². The molecule has 1 saturated carbocycles. The minimum Gasteiger partial charge on any atom is -0.283 e. The first kappa shape index (κ1) is 22.0. The Hall–Kier alpha value is -1.32. The molecule has 1 N–H and O–H groups in total. The van der Waals surface area contributed by atoms with E-state index in [-0.39, 0.29) is 16.2 Å². The van der Waals surface area contributed by atoms with Crippen LogP contribution in [0.15, 0.2) is 39.6 Å². The van der Waals surface area contributed by atoms with Crippen LogP contribution < -0.4 is 4.72 Å². The van der Waals surface area contributed by atoms with Crippen LogP contribution in [0.25, 0.3) is 0 Å². The molecule has 0 spiro atoms. The molecule has 2 rings (SSSR count). The standard InChI is InChI=1S/C18H23F3N2O2S2/c1-4-22-16(26-13(3)17(20)21)10-14-9-15(6-5-12(14)2)27(24,25)23-18(11-19)7-8-18/h5-6,9,17,23H,3-4,7-8,10-11H2,1-2H3/b22-16-. The summed E-state index contributed by atoms with van der Waals surface area (Å²) >= 11 is 0.809. The predicted molar refractivity (Wildman–Crippen MR) is 104 cm³/mol. The van der Waals surface area contributed by atoms with Crippen molar-refractivity contribution in [3.8, 4) is 0 Å². The fourth-order valence-electron chi connectivity index (χ4n) is 2.42. The number of halogens is 3. The number of aliphatic imine (C=N–C) groups is 1. The Morgan fingerprint density at radius 3 is 2.59 bits per heavy atom. The second-order valence-corrected chi connectivity index (χ2v) is 9.40. The minimum atomic E-state index is -3.87. The van der Waals surface area contributed by atoms with Crippen LogP contribution in [0, 0.1) is 6.92 Å².